The number of carbonyl (C=O) groups excluding carboxylic acids is 1. The molecule has 3 N–H and O–H groups in total. The zero-order chi connectivity index (χ0) is 24.7. The van der Waals surface area contributed by atoms with Gasteiger partial charge in [-0.2, -0.15) is 5.10 Å². The molecule has 3 fully saturated rings. The van der Waals surface area contributed by atoms with E-state index < -0.39 is 6.09 Å². The first-order chi connectivity index (χ1) is 16.7. The second-order valence-corrected chi connectivity index (χ2v) is 11.1. The lowest BCUT2D eigenvalue weighted by molar-refractivity contribution is -0.117. The number of hydrogen-bond donors (Lipinski definition) is 3. The summed E-state index contributed by atoms with van der Waals surface area (Å²) in [5.41, 5.74) is 2.72. The normalized spacial score (nSPS) is 24.0. The van der Waals surface area contributed by atoms with E-state index in [1.807, 2.05) is 24.3 Å². The van der Waals surface area contributed by atoms with Gasteiger partial charge in [-0.3, -0.25) is 14.8 Å². The molecule has 0 bridgehead atoms. The monoisotopic (exact) mass is 499 g/mol. The molecule has 8 nitrogen and oxygen atoms in total. The predicted octanol–water partition coefficient (Wildman–Crippen LogP) is 5.57. The fourth-order valence-corrected chi connectivity index (χ4v) is 6.09. The van der Waals surface area contributed by atoms with Crippen LogP contribution < -0.4 is 10.2 Å². The molecule has 2 aliphatic carbocycles. The Hall–Kier alpha value is -2.74. The number of aromatic nitrogens is 2. The first-order valence-electron chi connectivity index (χ1n) is 12.7. The van der Waals surface area contributed by atoms with Gasteiger partial charge in [-0.05, 0) is 69.1 Å². The number of carbonyl (C=O) groups is 2. The van der Waals surface area contributed by atoms with Crippen molar-refractivity contribution < 1.29 is 14.7 Å². The topological polar surface area (TPSA) is 102 Å². The molecule has 1 aliphatic heterocycles. The molecule has 1 saturated heterocycles. The van der Waals surface area contributed by atoms with Crippen molar-refractivity contribution >= 4 is 35.1 Å². The average Bonchev–Trinajstić information content (AvgIpc) is 3.24. The van der Waals surface area contributed by atoms with Crippen LogP contribution >= 0.6 is 11.6 Å². The van der Waals surface area contributed by atoms with Crippen molar-refractivity contribution in [2.75, 3.05) is 23.3 Å². The first kappa shape index (κ1) is 24.0. The number of rotatable bonds is 8. The van der Waals surface area contributed by atoms with Crippen LogP contribution in [0.3, 0.4) is 0 Å². The number of halogens is 1. The van der Waals surface area contributed by atoms with Gasteiger partial charge < -0.3 is 15.3 Å². The van der Waals surface area contributed by atoms with E-state index >= 15 is 0 Å². The Morgan fingerprint density at radius 3 is 2.83 bits per heavy atom. The molecule has 1 aromatic carbocycles. The molecule has 2 heterocycles. The number of amides is 2. The molecule has 1 aromatic heterocycles. The Morgan fingerprint density at radius 2 is 2.17 bits per heavy atom. The van der Waals surface area contributed by atoms with Crippen LogP contribution in [0.1, 0.15) is 81.9 Å². The van der Waals surface area contributed by atoms with Crippen LogP contribution in [0.2, 0.25) is 5.02 Å². The zero-order valence-corrected chi connectivity index (χ0v) is 21.1. The van der Waals surface area contributed by atoms with Gasteiger partial charge in [-0.25, -0.2) is 4.79 Å². The Kier molecular flexibility index (Phi) is 6.42. The SMILES string of the molecule is CC(CNc1cc([C@H]2CC[C@@H](N(C(=O)O)C3(C)CC3)C2)n[nH]1)c1ccc(N2CCCC2=O)cc1Cl. The van der Waals surface area contributed by atoms with E-state index in [1.165, 1.54) is 0 Å². The average molecular weight is 500 g/mol. The van der Waals surface area contributed by atoms with Crippen molar-refractivity contribution in [1.82, 2.24) is 15.1 Å². The molecule has 1 unspecified atom stereocenters. The maximum atomic E-state index is 12.0. The number of aromatic amines is 1. The van der Waals surface area contributed by atoms with Crippen molar-refractivity contribution in [2.24, 2.45) is 0 Å². The third kappa shape index (κ3) is 4.85. The Labute approximate surface area is 211 Å². The summed E-state index contributed by atoms with van der Waals surface area (Å²) in [5, 5.41) is 21.5. The maximum Gasteiger partial charge on any atom is 0.408 e. The Morgan fingerprint density at radius 1 is 1.37 bits per heavy atom. The molecule has 5 rings (SSSR count). The summed E-state index contributed by atoms with van der Waals surface area (Å²) < 4.78 is 0. The summed E-state index contributed by atoms with van der Waals surface area (Å²) in [5.74, 6) is 1.44. The number of H-pyrrole nitrogens is 1. The summed E-state index contributed by atoms with van der Waals surface area (Å²) in [6.45, 7) is 5.61. The molecule has 0 spiro atoms. The lowest BCUT2D eigenvalue weighted by Gasteiger charge is -2.32. The minimum absolute atomic E-state index is 0.0686. The molecule has 0 radical (unpaired) electrons. The second kappa shape index (κ2) is 9.37. The Balaban J connectivity index is 1.17. The number of anilines is 2. The highest BCUT2D eigenvalue weighted by atomic mass is 35.5. The van der Waals surface area contributed by atoms with Crippen molar-refractivity contribution in [3.05, 3.63) is 40.5 Å². The van der Waals surface area contributed by atoms with Crippen LogP contribution in [0.5, 0.6) is 0 Å². The maximum absolute atomic E-state index is 12.0. The minimum atomic E-state index is -0.798. The van der Waals surface area contributed by atoms with Gasteiger partial charge in [0, 0.05) is 53.8 Å². The second-order valence-electron chi connectivity index (χ2n) is 10.7. The van der Waals surface area contributed by atoms with Gasteiger partial charge in [0.1, 0.15) is 5.82 Å². The standard InChI is InChI=1S/C26H34ClN5O3/c1-16(20-8-7-18(13-21(20)27)31-11-3-4-24(31)33)15-28-23-14-22(29-30-23)17-5-6-19(12-17)32(25(34)35)26(2)9-10-26/h7-8,13-14,16-17,19H,3-6,9-12,15H2,1-2H3,(H,34,35)(H2,28,29,30)/t16?,17-,19+/m0/s1. The van der Waals surface area contributed by atoms with E-state index in [0.29, 0.717) is 18.0 Å². The van der Waals surface area contributed by atoms with E-state index in [1.54, 1.807) is 9.80 Å². The highest BCUT2D eigenvalue weighted by molar-refractivity contribution is 6.31. The van der Waals surface area contributed by atoms with Crippen LogP contribution in [0.25, 0.3) is 0 Å². The van der Waals surface area contributed by atoms with E-state index in [-0.39, 0.29) is 29.3 Å². The van der Waals surface area contributed by atoms with E-state index in [4.69, 9.17) is 11.6 Å². The lowest BCUT2D eigenvalue weighted by Crippen LogP contribution is -2.45. The highest BCUT2D eigenvalue weighted by Gasteiger charge is 2.50. The number of carboxylic acid groups (broad SMARTS) is 1. The molecule has 35 heavy (non-hydrogen) atoms. The molecular weight excluding hydrogens is 466 g/mol. The third-order valence-electron chi connectivity index (χ3n) is 8.05. The first-order valence-corrected chi connectivity index (χ1v) is 13.0. The smallest absolute Gasteiger partial charge is 0.408 e. The summed E-state index contributed by atoms with van der Waals surface area (Å²) in [7, 11) is 0. The minimum Gasteiger partial charge on any atom is -0.465 e. The summed E-state index contributed by atoms with van der Waals surface area (Å²) in [6, 6.07) is 8.01. The molecule has 3 aliphatic rings. The van der Waals surface area contributed by atoms with E-state index in [0.717, 1.165) is 67.8 Å². The molecule has 188 valence electrons. The molecule has 2 aromatic rings. The van der Waals surface area contributed by atoms with Crippen LogP contribution in [0, 0.1) is 0 Å². The van der Waals surface area contributed by atoms with E-state index in [2.05, 4.69) is 29.4 Å². The van der Waals surface area contributed by atoms with Gasteiger partial charge in [-0.1, -0.05) is 24.6 Å². The van der Waals surface area contributed by atoms with Crippen molar-refractivity contribution in [1.29, 1.82) is 0 Å². The third-order valence-corrected chi connectivity index (χ3v) is 8.37. The number of nitrogens with zero attached hydrogens (tertiary/aromatic N) is 3. The fraction of sp³-hybridized carbons (Fsp3) is 0.577. The molecular formula is C26H34ClN5O3. The van der Waals surface area contributed by atoms with Crippen molar-refractivity contribution in [3.63, 3.8) is 0 Å². The summed E-state index contributed by atoms with van der Waals surface area (Å²) >= 11 is 6.59. The summed E-state index contributed by atoms with van der Waals surface area (Å²) in [6.07, 6.45) is 5.27. The van der Waals surface area contributed by atoms with Gasteiger partial charge in [0.25, 0.3) is 0 Å². The van der Waals surface area contributed by atoms with Crippen LogP contribution in [-0.4, -0.2) is 56.9 Å². The largest absolute Gasteiger partial charge is 0.465 e. The quantitative estimate of drug-likeness (QED) is 0.440. The molecule has 2 amide bonds. The van der Waals surface area contributed by atoms with Crippen molar-refractivity contribution in [3.8, 4) is 0 Å². The highest BCUT2D eigenvalue weighted by Crippen LogP contribution is 2.47. The van der Waals surface area contributed by atoms with Gasteiger partial charge in [0.2, 0.25) is 5.91 Å². The molecule has 2 saturated carbocycles. The number of nitrogens with one attached hydrogen (secondary N) is 2. The van der Waals surface area contributed by atoms with Gasteiger partial charge >= 0.3 is 6.09 Å². The van der Waals surface area contributed by atoms with Crippen LogP contribution in [0.15, 0.2) is 24.3 Å². The van der Waals surface area contributed by atoms with Gasteiger partial charge in [0.05, 0.1) is 5.69 Å². The van der Waals surface area contributed by atoms with Crippen LogP contribution in [-0.2, 0) is 4.79 Å². The number of benzene rings is 1. The summed E-state index contributed by atoms with van der Waals surface area (Å²) in [4.78, 5) is 27.4. The van der Waals surface area contributed by atoms with Crippen molar-refractivity contribution in [2.45, 2.75) is 82.2 Å². The fourth-order valence-electron chi connectivity index (χ4n) is 5.73. The molecule has 9 heteroatoms. The van der Waals surface area contributed by atoms with E-state index in [9.17, 15) is 14.7 Å². The predicted molar refractivity (Wildman–Crippen MR) is 136 cm³/mol. The molecule has 3 atom stereocenters. The Bertz CT molecular complexity index is 1110. The van der Waals surface area contributed by atoms with Gasteiger partial charge in [0.15, 0.2) is 0 Å². The number of hydrogen-bond acceptors (Lipinski definition) is 4. The van der Waals surface area contributed by atoms with Gasteiger partial charge in [-0.15, -0.1) is 0 Å². The van der Waals surface area contributed by atoms with Crippen LogP contribution in [0.4, 0.5) is 16.3 Å². The zero-order valence-electron chi connectivity index (χ0n) is 20.4. The lowest BCUT2D eigenvalue weighted by atomic mass is 10.0.